The highest BCUT2D eigenvalue weighted by Gasteiger charge is 2.29. The molecule has 0 aliphatic rings. The van der Waals surface area contributed by atoms with E-state index in [1.165, 1.54) is 18.2 Å². The Bertz CT molecular complexity index is 376. The average molecular weight is 269 g/mol. The Morgan fingerprint density at radius 3 is 2.19 bits per heavy atom. The predicted molar refractivity (Wildman–Crippen MR) is 57.5 cm³/mol. The van der Waals surface area contributed by atoms with E-state index in [1.54, 1.807) is 0 Å². The van der Waals surface area contributed by atoms with Crippen molar-refractivity contribution < 1.29 is 18.7 Å². The van der Waals surface area contributed by atoms with Crippen LogP contribution >= 0.6 is 23.2 Å². The van der Waals surface area contributed by atoms with Crippen LogP contribution in [0.3, 0.4) is 0 Å². The van der Waals surface area contributed by atoms with Crippen LogP contribution in [-0.4, -0.2) is 17.5 Å². The molecule has 1 aromatic carbocycles. The summed E-state index contributed by atoms with van der Waals surface area (Å²) in [7, 11) is 0. The molecule has 0 aliphatic carbocycles. The van der Waals surface area contributed by atoms with Crippen molar-refractivity contribution in [3.8, 4) is 0 Å². The first kappa shape index (κ1) is 13.2. The SMILES string of the molecule is O=C(O)CC(c1c(Cl)cccc1Cl)C(F)F. The first-order valence-corrected chi connectivity index (χ1v) is 5.13. The Hall–Kier alpha value is -0.870. The molecular weight excluding hydrogens is 261 g/mol. The molecule has 1 atom stereocenters. The van der Waals surface area contributed by atoms with E-state index in [1.807, 2.05) is 0 Å². The third-order valence-corrected chi connectivity index (χ3v) is 2.73. The highest BCUT2D eigenvalue weighted by molar-refractivity contribution is 6.36. The van der Waals surface area contributed by atoms with E-state index < -0.39 is 24.7 Å². The monoisotopic (exact) mass is 268 g/mol. The van der Waals surface area contributed by atoms with Gasteiger partial charge >= 0.3 is 5.97 Å². The van der Waals surface area contributed by atoms with Crippen molar-refractivity contribution in [2.75, 3.05) is 0 Å². The van der Waals surface area contributed by atoms with Crippen LogP contribution < -0.4 is 0 Å². The number of aliphatic carboxylic acids is 1. The number of carboxylic acid groups (broad SMARTS) is 1. The molecule has 1 rings (SSSR count). The third kappa shape index (κ3) is 3.06. The number of alkyl halides is 2. The first-order chi connectivity index (χ1) is 7.43. The number of hydrogen-bond donors (Lipinski definition) is 1. The third-order valence-electron chi connectivity index (χ3n) is 2.07. The van der Waals surface area contributed by atoms with Crippen LogP contribution in [0, 0.1) is 0 Å². The fraction of sp³-hybridized carbons (Fsp3) is 0.300. The number of hydrogen-bond acceptors (Lipinski definition) is 1. The molecule has 0 saturated carbocycles. The maximum Gasteiger partial charge on any atom is 0.304 e. The van der Waals surface area contributed by atoms with E-state index in [9.17, 15) is 13.6 Å². The van der Waals surface area contributed by atoms with Crippen LogP contribution in [0.4, 0.5) is 8.78 Å². The zero-order valence-electron chi connectivity index (χ0n) is 7.96. The van der Waals surface area contributed by atoms with Crippen LogP contribution in [0.5, 0.6) is 0 Å². The standard InChI is InChI=1S/C10H8Cl2F2O2/c11-6-2-1-3-7(12)9(6)5(10(13)14)4-8(15)16/h1-3,5,10H,4H2,(H,15,16). The maximum absolute atomic E-state index is 12.7. The molecule has 0 fully saturated rings. The van der Waals surface area contributed by atoms with Crippen LogP contribution in [-0.2, 0) is 4.79 Å². The Morgan fingerprint density at radius 1 is 1.31 bits per heavy atom. The minimum absolute atomic E-state index is 0.0109. The van der Waals surface area contributed by atoms with Crippen molar-refractivity contribution in [1.29, 1.82) is 0 Å². The van der Waals surface area contributed by atoms with E-state index >= 15 is 0 Å². The first-order valence-electron chi connectivity index (χ1n) is 4.37. The molecule has 6 heteroatoms. The van der Waals surface area contributed by atoms with Crippen molar-refractivity contribution >= 4 is 29.2 Å². The molecule has 1 N–H and O–H groups in total. The van der Waals surface area contributed by atoms with Gasteiger partial charge in [0, 0.05) is 10.0 Å². The quantitative estimate of drug-likeness (QED) is 0.902. The predicted octanol–water partition coefficient (Wildman–Crippen LogP) is 3.82. The fourth-order valence-corrected chi connectivity index (χ4v) is 2.05. The second-order valence-electron chi connectivity index (χ2n) is 3.17. The molecule has 1 unspecified atom stereocenters. The smallest absolute Gasteiger partial charge is 0.304 e. The average Bonchev–Trinajstić information content (AvgIpc) is 2.15. The Kier molecular flexibility index (Phi) is 4.50. The summed E-state index contributed by atoms with van der Waals surface area (Å²) in [5.74, 6) is -2.81. The van der Waals surface area contributed by atoms with Crippen molar-refractivity contribution in [3.05, 3.63) is 33.8 Å². The molecule has 0 saturated heterocycles. The van der Waals surface area contributed by atoms with Crippen molar-refractivity contribution in [2.24, 2.45) is 0 Å². The largest absolute Gasteiger partial charge is 0.481 e. The number of halogens is 4. The van der Waals surface area contributed by atoms with Gasteiger partial charge < -0.3 is 5.11 Å². The van der Waals surface area contributed by atoms with Gasteiger partial charge in [0.1, 0.15) is 0 Å². The summed E-state index contributed by atoms with van der Waals surface area (Å²) in [6.07, 6.45) is -3.53. The Balaban J connectivity index is 3.15. The lowest BCUT2D eigenvalue weighted by Crippen LogP contribution is -2.15. The second-order valence-corrected chi connectivity index (χ2v) is 3.99. The van der Waals surface area contributed by atoms with E-state index in [4.69, 9.17) is 28.3 Å². The van der Waals surface area contributed by atoms with Crippen molar-refractivity contribution in [3.63, 3.8) is 0 Å². The summed E-state index contributed by atoms with van der Waals surface area (Å²) < 4.78 is 25.4. The summed E-state index contributed by atoms with van der Waals surface area (Å²) >= 11 is 11.5. The molecule has 1 aromatic rings. The molecule has 0 heterocycles. The van der Waals surface area contributed by atoms with Gasteiger partial charge in [-0.2, -0.15) is 0 Å². The Morgan fingerprint density at radius 2 is 1.81 bits per heavy atom. The number of rotatable bonds is 4. The van der Waals surface area contributed by atoms with Crippen LogP contribution in [0.1, 0.15) is 17.9 Å². The zero-order valence-corrected chi connectivity index (χ0v) is 9.47. The van der Waals surface area contributed by atoms with Gasteiger partial charge in [0.25, 0.3) is 0 Å². The van der Waals surface area contributed by atoms with Gasteiger partial charge in [-0.1, -0.05) is 29.3 Å². The normalized spacial score (nSPS) is 12.8. The topological polar surface area (TPSA) is 37.3 Å². The summed E-state index contributed by atoms with van der Waals surface area (Å²) in [5, 5.41) is 8.67. The van der Waals surface area contributed by atoms with Gasteiger partial charge in [-0.15, -0.1) is 0 Å². The summed E-state index contributed by atoms with van der Waals surface area (Å²) in [4.78, 5) is 10.5. The van der Waals surface area contributed by atoms with E-state index in [0.717, 1.165) is 0 Å². The number of carboxylic acids is 1. The second kappa shape index (κ2) is 5.46. The molecule has 16 heavy (non-hydrogen) atoms. The Labute approximate surface area is 101 Å². The molecule has 2 nitrogen and oxygen atoms in total. The molecule has 0 aliphatic heterocycles. The summed E-state index contributed by atoms with van der Waals surface area (Å²) in [5.41, 5.74) is -0.0109. The highest BCUT2D eigenvalue weighted by Crippen LogP contribution is 2.36. The van der Waals surface area contributed by atoms with E-state index in [0.29, 0.717) is 0 Å². The van der Waals surface area contributed by atoms with Gasteiger partial charge in [-0.05, 0) is 17.7 Å². The van der Waals surface area contributed by atoms with Crippen LogP contribution in [0.25, 0.3) is 0 Å². The van der Waals surface area contributed by atoms with Crippen molar-refractivity contribution in [2.45, 2.75) is 18.8 Å². The van der Waals surface area contributed by atoms with Crippen LogP contribution in [0.2, 0.25) is 10.0 Å². The van der Waals surface area contributed by atoms with Gasteiger partial charge in [0.2, 0.25) is 6.43 Å². The maximum atomic E-state index is 12.7. The minimum atomic E-state index is -2.83. The zero-order chi connectivity index (χ0) is 12.3. The molecule has 0 radical (unpaired) electrons. The molecule has 0 aromatic heterocycles. The lowest BCUT2D eigenvalue weighted by molar-refractivity contribution is -0.138. The van der Waals surface area contributed by atoms with E-state index in [2.05, 4.69) is 0 Å². The lowest BCUT2D eigenvalue weighted by Gasteiger charge is -2.17. The number of benzene rings is 1. The highest BCUT2D eigenvalue weighted by atomic mass is 35.5. The summed E-state index contributed by atoms with van der Waals surface area (Å²) in [6, 6.07) is 4.32. The molecule has 0 spiro atoms. The number of carbonyl (C=O) groups is 1. The fourth-order valence-electron chi connectivity index (χ4n) is 1.37. The molecule has 0 amide bonds. The van der Waals surface area contributed by atoms with Crippen molar-refractivity contribution in [1.82, 2.24) is 0 Å². The van der Waals surface area contributed by atoms with Gasteiger partial charge in [-0.25, -0.2) is 8.78 Å². The molecular formula is C10H8Cl2F2O2. The van der Waals surface area contributed by atoms with Crippen LogP contribution in [0.15, 0.2) is 18.2 Å². The van der Waals surface area contributed by atoms with E-state index in [-0.39, 0.29) is 15.6 Å². The van der Waals surface area contributed by atoms with Gasteiger partial charge in [0.15, 0.2) is 0 Å². The molecule has 0 bridgehead atoms. The summed E-state index contributed by atoms with van der Waals surface area (Å²) in [6.45, 7) is 0. The van der Waals surface area contributed by atoms with Gasteiger partial charge in [-0.3, -0.25) is 4.79 Å². The molecule has 88 valence electrons. The van der Waals surface area contributed by atoms with Gasteiger partial charge in [0.05, 0.1) is 12.3 Å². The minimum Gasteiger partial charge on any atom is -0.481 e. The lowest BCUT2D eigenvalue weighted by atomic mass is 9.96.